The number of nitrogens with one attached hydrogen (secondary N) is 1. The highest BCUT2D eigenvalue weighted by molar-refractivity contribution is 7.92. The highest BCUT2D eigenvalue weighted by atomic mass is 32.2. The number of nitrogen functional groups attached to an aromatic ring is 1. The standard InChI is InChI=1S/C18H19N5O3S/c19-16-15(27(24,25)12-4-2-1-3-5-12)13-14(22-16)17(21-11-20-13)23-8-9-26-18(10-23)6-7-18/h1-5,11,22H,6-10,19H2. The van der Waals surface area contributed by atoms with Gasteiger partial charge in [-0.15, -0.1) is 0 Å². The lowest BCUT2D eigenvalue weighted by Crippen LogP contribution is -2.44. The minimum absolute atomic E-state index is 0.00162. The second-order valence-electron chi connectivity index (χ2n) is 7.06. The number of rotatable bonds is 3. The molecule has 1 spiro atoms. The van der Waals surface area contributed by atoms with Gasteiger partial charge < -0.3 is 20.4 Å². The largest absolute Gasteiger partial charge is 0.384 e. The van der Waals surface area contributed by atoms with Crippen LogP contribution in [0.4, 0.5) is 11.6 Å². The zero-order valence-electron chi connectivity index (χ0n) is 14.6. The van der Waals surface area contributed by atoms with Crippen molar-refractivity contribution < 1.29 is 13.2 Å². The summed E-state index contributed by atoms with van der Waals surface area (Å²) in [4.78, 5) is 14.0. The third-order valence-electron chi connectivity index (χ3n) is 5.22. The Bertz CT molecular complexity index is 1120. The summed E-state index contributed by atoms with van der Waals surface area (Å²) in [5, 5.41) is 0. The third kappa shape index (κ3) is 2.57. The molecule has 27 heavy (non-hydrogen) atoms. The molecule has 8 nitrogen and oxygen atoms in total. The first-order valence-electron chi connectivity index (χ1n) is 8.81. The number of nitrogens with two attached hydrogens (primary N) is 1. The Kier molecular flexibility index (Phi) is 3.47. The fourth-order valence-electron chi connectivity index (χ4n) is 3.68. The van der Waals surface area contributed by atoms with Gasteiger partial charge in [-0.05, 0) is 25.0 Å². The van der Waals surface area contributed by atoms with Crippen LogP contribution < -0.4 is 10.6 Å². The molecule has 9 heteroatoms. The topological polar surface area (TPSA) is 114 Å². The van der Waals surface area contributed by atoms with Crippen LogP contribution in [0.3, 0.4) is 0 Å². The summed E-state index contributed by atoms with van der Waals surface area (Å²) in [6.45, 7) is 2.04. The highest BCUT2D eigenvalue weighted by Gasteiger charge is 2.48. The van der Waals surface area contributed by atoms with Crippen molar-refractivity contribution in [2.24, 2.45) is 0 Å². The smallest absolute Gasteiger partial charge is 0.212 e. The number of H-pyrrole nitrogens is 1. The molecule has 2 aromatic heterocycles. The fraction of sp³-hybridized carbons (Fsp3) is 0.333. The van der Waals surface area contributed by atoms with Crippen LogP contribution in [0.5, 0.6) is 0 Å². The number of morpholine rings is 1. The van der Waals surface area contributed by atoms with Gasteiger partial charge in [0.25, 0.3) is 0 Å². The van der Waals surface area contributed by atoms with Gasteiger partial charge in [-0.25, -0.2) is 18.4 Å². The average molecular weight is 385 g/mol. The van der Waals surface area contributed by atoms with Crippen molar-refractivity contribution in [2.75, 3.05) is 30.3 Å². The van der Waals surface area contributed by atoms with E-state index in [0.717, 1.165) is 19.4 Å². The summed E-state index contributed by atoms with van der Waals surface area (Å²) in [7, 11) is -3.80. The second-order valence-corrected chi connectivity index (χ2v) is 8.94. The number of aromatic amines is 1. The summed E-state index contributed by atoms with van der Waals surface area (Å²) in [6.07, 6.45) is 3.47. The van der Waals surface area contributed by atoms with Crippen LogP contribution in [0.1, 0.15) is 12.8 Å². The van der Waals surface area contributed by atoms with Crippen molar-refractivity contribution in [3.8, 4) is 0 Å². The van der Waals surface area contributed by atoms with E-state index in [0.29, 0.717) is 30.0 Å². The van der Waals surface area contributed by atoms with E-state index in [4.69, 9.17) is 10.5 Å². The Labute approximate surface area is 156 Å². The number of hydrogen-bond donors (Lipinski definition) is 2. The first-order chi connectivity index (χ1) is 13.0. The molecule has 0 radical (unpaired) electrons. The van der Waals surface area contributed by atoms with E-state index >= 15 is 0 Å². The van der Waals surface area contributed by atoms with E-state index in [-0.39, 0.29) is 21.2 Å². The normalized spacial score (nSPS) is 18.9. The highest BCUT2D eigenvalue weighted by Crippen LogP contribution is 2.43. The molecule has 3 heterocycles. The molecule has 3 aromatic rings. The molecule has 1 saturated heterocycles. The molecule has 0 unspecified atom stereocenters. The Morgan fingerprint density at radius 2 is 1.96 bits per heavy atom. The van der Waals surface area contributed by atoms with Crippen LogP contribution in [0.15, 0.2) is 46.5 Å². The van der Waals surface area contributed by atoms with Gasteiger partial charge in [-0.1, -0.05) is 18.2 Å². The predicted molar refractivity (Wildman–Crippen MR) is 100 cm³/mol. The molecule has 0 amide bonds. The van der Waals surface area contributed by atoms with E-state index in [1.54, 1.807) is 30.3 Å². The molecule has 1 aliphatic heterocycles. The Morgan fingerprint density at radius 1 is 1.19 bits per heavy atom. The molecule has 1 saturated carbocycles. The van der Waals surface area contributed by atoms with Gasteiger partial charge in [-0.2, -0.15) is 0 Å². The van der Waals surface area contributed by atoms with Crippen molar-refractivity contribution in [3.63, 3.8) is 0 Å². The number of benzene rings is 1. The van der Waals surface area contributed by atoms with Crippen LogP contribution in [0.2, 0.25) is 0 Å². The van der Waals surface area contributed by atoms with E-state index in [9.17, 15) is 8.42 Å². The maximum Gasteiger partial charge on any atom is 0.212 e. The number of fused-ring (bicyclic) bond motifs is 1. The maximum absolute atomic E-state index is 13.1. The van der Waals surface area contributed by atoms with Crippen LogP contribution >= 0.6 is 0 Å². The molecule has 140 valence electrons. The SMILES string of the molecule is Nc1[nH]c2c(N3CCOC4(CC4)C3)ncnc2c1S(=O)(=O)c1ccccc1. The lowest BCUT2D eigenvalue weighted by atomic mass is 10.2. The molecule has 2 fully saturated rings. The van der Waals surface area contributed by atoms with Crippen LogP contribution in [0.25, 0.3) is 11.0 Å². The zero-order chi connectivity index (χ0) is 18.6. The lowest BCUT2D eigenvalue weighted by Gasteiger charge is -2.34. The minimum atomic E-state index is -3.80. The Hall–Kier alpha value is -2.65. The monoisotopic (exact) mass is 385 g/mol. The van der Waals surface area contributed by atoms with Crippen molar-refractivity contribution in [2.45, 2.75) is 28.2 Å². The number of hydrogen-bond acceptors (Lipinski definition) is 7. The van der Waals surface area contributed by atoms with Gasteiger partial charge in [-0.3, -0.25) is 0 Å². The van der Waals surface area contributed by atoms with Crippen molar-refractivity contribution in [1.82, 2.24) is 15.0 Å². The fourth-order valence-corrected chi connectivity index (χ4v) is 5.18. The summed E-state index contributed by atoms with van der Waals surface area (Å²) >= 11 is 0. The first kappa shape index (κ1) is 16.5. The van der Waals surface area contributed by atoms with Crippen LogP contribution in [0, 0.1) is 0 Å². The molecular formula is C18H19N5O3S. The maximum atomic E-state index is 13.1. The zero-order valence-corrected chi connectivity index (χ0v) is 15.4. The van der Waals surface area contributed by atoms with Crippen molar-refractivity contribution in [3.05, 3.63) is 36.7 Å². The minimum Gasteiger partial charge on any atom is -0.384 e. The quantitative estimate of drug-likeness (QED) is 0.706. The molecule has 1 aliphatic carbocycles. The van der Waals surface area contributed by atoms with Gasteiger partial charge in [0.1, 0.15) is 28.1 Å². The lowest BCUT2D eigenvalue weighted by molar-refractivity contribution is 0.0204. The summed E-state index contributed by atoms with van der Waals surface area (Å²) in [5.74, 6) is 0.737. The molecule has 3 N–H and O–H groups in total. The third-order valence-corrected chi connectivity index (χ3v) is 7.07. The molecule has 2 aliphatic rings. The van der Waals surface area contributed by atoms with Crippen LogP contribution in [-0.2, 0) is 14.6 Å². The Morgan fingerprint density at radius 3 is 2.70 bits per heavy atom. The van der Waals surface area contributed by atoms with E-state index in [2.05, 4.69) is 19.9 Å². The summed E-state index contributed by atoms with van der Waals surface area (Å²) in [5.41, 5.74) is 6.88. The van der Waals surface area contributed by atoms with Crippen molar-refractivity contribution >= 4 is 32.5 Å². The van der Waals surface area contributed by atoms with Gasteiger partial charge in [0.15, 0.2) is 5.82 Å². The molecule has 0 atom stereocenters. The molecule has 0 bridgehead atoms. The van der Waals surface area contributed by atoms with E-state index in [1.807, 2.05) is 0 Å². The average Bonchev–Trinajstić information content (AvgIpc) is 3.31. The number of aromatic nitrogens is 3. The van der Waals surface area contributed by atoms with Crippen LogP contribution in [-0.4, -0.2) is 48.7 Å². The van der Waals surface area contributed by atoms with Gasteiger partial charge in [0, 0.05) is 13.1 Å². The predicted octanol–water partition coefficient (Wildman–Crippen LogP) is 1.74. The van der Waals surface area contributed by atoms with E-state index < -0.39 is 9.84 Å². The second kappa shape index (κ2) is 5.67. The number of ether oxygens (including phenoxy) is 1. The summed E-state index contributed by atoms with van der Waals surface area (Å²) < 4.78 is 32.1. The number of sulfone groups is 1. The number of anilines is 2. The first-order valence-corrected chi connectivity index (χ1v) is 10.3. The van der Waals surface area contributed by atoms with E-state index in [1.165, 1.54) is 6.33 Å². The number of nitrogens with zero attached hydrogens (tertiary/aromatic N) is 3. The molecular weight excluding hydrogens is 366 g/mol. The summed E-state index contributed by atoms with van der Waals surface area (Å²) in [6, 6.07) is 8.23. The van der Waals surface area contributed by atoms with Crippen molar-refractivity contribution in [1.29, 1.82) is 0 Å². The van der Waals surface area contributed by atoms with Gasteiger partial charge in [0.05, 0.1) is 17.1 Å². The Balaban J connectivity index is 1.65. The van der Waals surface area contributed by atoms with Gasteiger partial charge in [0.2, 0.25) is 9.84 Å². The van der Waals surface area contributed by atoms with Gasteiger partial charge >= 0.3 is 0 Å². The molecule has 1 aromatic carbocycles. The molecule has 5 rings (SSSR count).